The molecule has 1 rings (SSSR count). The standard InChI is InChI=1S/C6H10O5/c7-1-4-6(10)5(9)3(8)2-11-4/h4-7,9-10H,1-2H2/t4?,5?,6-/m0/s1. The molecule has 1 saturated heterocycles. The normalized spacial score (nSPS) is 39.2. The number of aliphatic hydroxyl groups is 3. The van der Waals surface area contributed by atoms with Crippen molar-refractivity contribution in [3.63, 3.8) is 0 Å². The molecular weight excluding hydrogens is 152 g/mol. The van der Waals surface area contributed by atoms with Gasteiger partial charge in [0.1, 0.15) is 24.9 Å². The topological polar surface area (TPSA) is 87.0 Å². The molecular formula is C6H10O5. The van der Waals surface area contributed by atoms with Gasteiger partial charge >= 0.3 is 0 Å². The number of ether oxygens (including phenoxy) is 1. The van der Waals surface area contributed by atoms with Crippen LogP contribution in [0.25, 0.3) is 0 Å². The van der Waals surface area contributed by atoms with Gasteiger partial charge < -0.3 is 20.1 Å². The van der Waals surface area contributed by atoms with E-state index in [9.17, 15) is 4.79 Å². The quantitative estimate of drug-likeness (QED) is 0.402. The van der Waals surface area contributed by atoms with Crippen LogP contribution in [-0.2, 0) is 9.53 Å². The fourth-order valence-electron chi connectivity index (χ4n) is 0.928. The molecule has 11 heavy (non-hydrogen) atoms. The van der Waals surface area contributed by atoms with Crippen LogP contribution in [0.2, 0.25) is 0 Å². The second-order valence-corrected chi connectivity index (χ2v) is 2.43. The molecule has 1 aliphatic heterocycles. The summed E-state index contributed by atoms with van der Waals surface area (Å²) < 4.78 is 4.71. The maximum atomic E-state index is 10.6. The number of Topliss-reactive ketones (excluding diaryl/α,β-unsaturated/α-hetero) is 1. The molecule has 0 saturated carbocycles. The van der Waals surface area contributed by atoms with E-state index in [-0.39, 0.29) is 6.61 Å². The average Bonchev–Trinajstić information content (AvgIpc) is 2.01. The van der Waals surface area contributed by atoms with Crippen molar-refractivity contribution in [2.24, 2.45) is 0 Å². The highest BCUT2D eigenvalue weighted by molar-refractivity contribution is 5.85. The number of carbonyl (C=O) groups is 1. The number of aliphatic hydroxyl groups excluding tert-OH is 3. The van der Waals surface area contributed by atoms with E-state index in [1.54, 1.807) is 0 Å². The van der Waals surface area contributed by atoms with Crippen LogP contribution in [0.4, 0.5) is 0 Å². The van der Waals surface area contributed by atoms with Crippen molar-refractivity contribution in [2.45, 2.75) is 18.3 Å². The van der Waals surface area contributed by atoms with Gasteiger partial charge in [0.15, 0.2) is 5.78 Å². The number of hydrogen-bond acceptors (Lipinski definition) is 5. The minimum absolute atomic E-state index is 0.247. The monoisotopic (exact) mass is 162 g/mol. The lowest BCUT2D eigenvalue weighted by Gasteiger charge is -2.29. The van der Waals surface area contributed by atoms with Crippen molar-refractivity contribution in [2.75, 3.05) is 13.2 Å². The summed E-state index contributed by atoms with van der Waals surface area (Å²) in [5.41, 5.74) is 0. The van der Waals surface area contributed by atoms with Gasteiger partial charge in [0, 0.05) is 0 Å². The van der Waals surface area contributed by atoms with Gasteiger partial charge in [-0.3, -0.25) is 4.79 Å². The van der Waals surface area contributed by atoms with Crippen LogP contribution in [0, 0.1) is 0 Å². The van der Waals surface area contributed by atoms with Gasteiger partial charge in [-0.2, -0.15) is 0 Å². The third kappa shape index (κ3) is 1.57. The largest absolute Gasteiger partial charge is 0.394 e. The Morgan fingerprint density at radius 3 is 2.73 bits per heavy atom. The second kappa shape index (κ2) is 3.27. The van der Waals surface area contributed by atoms with E-state index in [0.29, 0.717) is 0 Å². The second-order valence-electron chi connectivity index (χ2n) is 2.43. The van der Waals surface area contributed by atoms with E-state index in [2.05, 4.69) is 0 Å². The highest BCUT2D eigenvalue weighted by atomic mass is 16.5. The minimum Gasteiger partial charge on any atom is -0.394 e. The van der Waals surface area contributed by atoms with Crippen LogP contribution in [0.3, 0.4) is 0 Å². The smallest absolute Gasteiger partial charge is 0.189 e. The number of carbonyl (C=O) groups excluding carboxylic acids is 1. The summed E-state index contributed by atoms with van der Waals surface area (Å²) in [5.74, 6) is -0.554. The summed E-state index contributed by atoms with van der Waals surface area (Å²) in [5, 5.41) is 26.6. The van der Waals surface area contributed by atoms with Gasteiger partial charge in [-0.1, -0.05) is 0 Å². The van der Waals surface area contributed by atoms with Crippen molar-refractivity contribution in [1.82, 2.24) is 0 Å². The first kappa shape index (κ1) is 8.61. The Bertz CT molecular complexity index is 157. The third-order valence-corrected chi connectivity index (χ3v) is 1.65. The van der Waals surface area contributed by atoms with Crippen LogP contribution in [0.15, 0.2) is 0 Å². The Morgan fingerprint density at radius 1 is 1.55 bits per heavy atom. The number of rotatable bonds is 1. The fraction of sp³-hybridized carbons (Fsp3) is 0.833. The number of ketones is 1. The molecule has 0 aromatic rings. The molecule has 5 heteroatoms. The van der Waals surface area contributed by atoms with Crippen LogP contribution in [-0.4, -0.2) is 52.6 Å². The molecule has 0 bridgehead atoms. The molecule has 0 aromatic carbocycles. The SMILES string of the molecule is O=C1COC(CO)[C@H](O)C1O. The third-order valence-electron chi connectivity index (χ3n) is 1.65. The van der Waals surface area contributed by atoms with Gasteiger partial charge in [0.25, 0.3) is 0 Å². The zero-order valence-electron chi connectivity index (χ0n) is 5.80. The first-order valence-electron chi connectivity index (χ1n) is 3.28. The Balaban J connectivity index is 2.59. The first-order valence-corrected chi connectivity index (χ1v) is 3.28. The van der Waals surface area contributed by atoms with Crippen LogP contribution in [0.5, 0.6) is 0 Å². The number of hydrogen-bond donors (Lipinski definition) is 3. The molecule has 64 valence electrons. The van der Waals surface area contributed by atoms with Crippen molar-refractivity contribution >= 4 is 5.78 Å². The Kier molecular flexibility index (Phi) is 2.56. The molecule has 1 heterocycles. The molecule has 0 spiro atoms. The maximum absolute atomic E-state index is 10.6. The Labute approximate surface area is 63.2 Å². The van der Waals surface area contributed by atoms with Gasteiger partial charge in [0.05, 0.1) is 6.61 Å². The summed E-state index contributed by atoms with van der Waals surface area (Å²) in [7, 11) is 0. The molecule has 1 aliphatic rings. The van der Waals surface area contributed by atoms with E-state index in [4.69, 9.17) is 20.1 Å². The maximum Gasteiger partial charge on any atom is 0.189 e. The summed E-state index contributed by atoms with van der Waals surface area (Å²) in [6.07, 6.45) is -3.56. The molecule has 3 atom stereocenters. The van der Waals surface area contributed by atoms with Crippen LogP contribution in [0.1, 0.15) is 0 Å². The van der Waals surface area contributed by atoms with Gasteiger partial charge in [-0.15, -0.1) is 0 Å². The van der Waals surface area contributed by atoms with Gasteiger partial charge in [-0.05, 0) is 0 Å². The zero-order chi connectivity index (χ0) is 8.43. The molecule has 2 unspecified atom stereocenters. The highest BCUT2D eigenvalue weighted by Gasteiger charge is 2.36. The molecule has 0 radical (unpaired) electrons. The lowest BCUT2D eigenvalue weighted by molar-refractivity contribution is -0.170. The summed E-state index contributed by atoms with van der Waals surface area (Å²) >= 11 is 0. The van der Waals surface area contributed by atoms with E-state index >= 15 is 0 Å². The zero-order valence-corrected chi connectivity index (χ0v) is 5.80. The van der Waals surface area contributed by atoms with Gasteiger partial charge in [0.2, 0.25) is 0 Å². The van der Waals surface area contributed by atoms with E-state index in [1.807, 2.05) is 0 Å². The highest BCUT2D eigenvalue weighted by Crippen LogP contribution is 2.11. The lowest BCUT2D eigenvalue weighted by Crippen LogP contribution is -2.51. The molecule has 0 amide bonds. The predicted molar refractivity (Wildman–Crippen MR) is 33.8 cm³/mol. The Hall–Kier alpha value is -0.490. The fourth-order valence-corrected chi connectivity index (χ4v) is 0.928. The van der Waals surface area contributed by atoms with Crippen LogP contribution < -0.4 is 0 Å². The first-order chi connectivity index (χ1) is 5.16. The molecule has 0 aromatic heterocycles. The van der Waals surface area contributed by atoms with Crippen LogP contribution >= 0.6 is 0 Å². The summed E-state index contributed by atoms with van der Waals surface area (Å²) in [6, 6.07) is 0. The predicted octanol–water partition coefficient (Wildman–Crippen LogP) is -2.33. The molecule has 1 fully saturated rings. The van der Waals surface area contributed by atoms with E-state index < -0.39 is 30.7 Å². The van der Waals surface area contributed by atoms with Crippen molar-refractivity contribution < 1.29 is 24.9 Å². The Morgan fingerprint density at radius 2 is 2.18 bits per heavy atom. The molecule has 0 aliphatic carbocycles. The molecule has 5 nitrogen and oxygen atoms in total. The van der Waals surface area contributed by atoms with Gasteiger partial charge in [-0.25, -0.2) is 0 Å². The summed E-state index contributed by atoms with van der Waals surface area (Å²) in [6.45, 7) is -0.644. The minimum atomic E-state index is -1.42. The van der Waals surface area contributed by atoms with Crippen molar-refractivity contribution in [3.8, 4) is 0 Å². The van der Waals surface area contributed by atoms with E-state index in [0.717, 1.165) is 0 Å². The van der Waals surface area contributed by atoms with E-state index in [1.165, 1.54) is 0 Å². The van der Waals surface area contributed by atoms with Crippen molar-refractivity contribution in [1.29, 1.82) is 0 Å². The van der Waals surface area contributed by atoms with Crippen molar-refractivity contribution in [3.05, 3.63) is 0 Å². The summed E-state index contributed by atoms with van der Waals surface area (Å²) in [4.78, 5) is 10.6. The lowest BCUT2D eigenvalue weighted by atomic mass is 10.0. The molecule has 3 N–H and O–H groups in total. The average molecular weight is 162 g/mol.